The van der Waals surface area contributed by atoms with Crippen LogP contribution >= 0.6 is 0 Å². The number of carboxylic acids is 1. The van der Waals surface area contributed by atoms with E-state index in [1.807, 2.05) is 55.4 Å². The first-order chi connectivity index (χ1) is 40.5. The number of hydrogen-bond donors (Lipinski definition) is 6. The number of nitrogens with zero attached hydrogens (tertiary/aromatic N) is 6. The summed E-state index contributed by atoms with van der Waals surface area (Å²) in [6.07, 6.45) is 3.46. The maximum Gasteiger partial charge on any atom is 0.323 e. The molecule has 0 aliphatic heterocycles. The molecule has 0 fully saturated rings. The van der Waals surface area contributed by atoms with Crippen LogP contribution in [0.1, 0.15) is 163 Å². The van der Waals surface area contributed by atoms with Gasteiger partial charge in [0.15, 0.2) is 0 Å². The SMILES string of the molecule is C/C=C/C[C@@H](C)[C@@H](OC(C)=O)[C@@H](C(=O)N[C@@H](CC)C(=O)N(C)CC(=O)O)N(C)C(=O)[C@@H](C(C)C)N(C)C(=O)[C@H](CC(C)C)N(C)C(=O)[C@@H](CC(C)C)N(C)C(=O)C(C)NC(=O)C(C)NC(=O)[C@H](CC(C)C)N(C)C(=O)[C@@H](NC(=O)[C@@H](N)CC(C)C)C(C)C. The van der Waals surface area contributed by atoms with E-state index in [0.29, 0.717) is 12.8 Å². The molecule has 88 heavy (non-hydrogen) atoms. The molecule has 504 valence electrons. The average molecular weight is 1250 g/mol. The zero-order chi connectivity index (χ0) is 68.7. The lowest BCUT2D eigenvalue weighted by Crippen LogP contribution is -2.64. The van der Waals surface area contributed by atoms with Crippen molar-refractivity contribution >= 4 is 71.0 Å². The molecule has 0 aromatic rings. The number of nitrogens with one attached hydrogen (secondary N) is 4. The van der Waals surface area contributed by atoms with Crippen LogP contribution in [0.2, 0.25) is 0 Å². The van der Waals surface area contributed by atoms with Gasteiger partial charge >= 0.3 is 11.9 Å². The van der Waals surface area contributed by atoms with Gasteiger partial charge in [0.25, 0.3) is 0 Å². The smallest absolute Gasteiger partial charge is 0.323 e. The number of esters is 1. The van der Waals surface area contributed by atoms with Gasteiger partial charge in [-0.3, -0.25) is 57.5 Å². The molecular weight excluding hydrogens is 1130 g/mol. The van der Waals surface area contributed by atoms with E-state index >= 15 is 14.4 Å². The summed E-state index contributed by atoms with van der Waals surface area (Å²) < 4.78 is 5.82. The molecule has 0 saturated carbocycles. The van der Waals surface area contributed by atoms with E-state index in [1.54, 1.807) is 60.6 Å². The molecular formula is C63H113N11O14. The van der Waals surface area contributed by atoms with Crippen LogP contribution in [0.5, 0.6) is 0 Å². The number of rotatable bonds is 37. The Morgan fingerprint density at radius 3 is 1.36 bits per heavy atom. The summed E-state index contributed by atoms with van der Waals surface area (Å²) in [6, 6.07) is -11.9. The Hall–Kier alpha value is -6.66. The first-order valence-corrected chi connectivity index (χ1v) is 31.1. The third kappa shape index (κ3) is 25.1. The molecule has 0 aromatic heterocycles. The molecule has 0 aromatic carbocycles. The fourth-order valence-electron chi connectivity index (χ4n) is 10.5. The zero-order valence-electron chi connectivity index (χ0n) is 57.5. The second-order valence-corrected chi connectivity index (χ2v) is 26.2. The fraction of sp³-hybridized carbons (Fsp3) is 0.778. The van der Waals surface area contributed by atoms with Crippen LogP contribution in [-0.2, 0) is 62.3 Å². The molecule has 10 amide bonds. The Balaban J connectivity index is 7.15. The van der Waals surface area contributed by atoms with E-state index in [4.69, 9.17) is 10.5 Å². The van der Waals surface area contributed by atoms with Gasteiger partial charge in [-0.2, -0.15) is 0 Å². The summed E-state index contributed by atoms with van der Waals surface area (Å²) in [5, 5.41) is 20.2. The molecule has 12 atom stereocenters. The maximum absolute atomic E-state index is 15.2. The van der Waals surface area contributed by atoms with Gasteiger partial charge in [0.1, 0.15) is 67.0 Å². The highest BCUT2D eigenvalue weighted by Crippen LogP contribution is 2.26. The number of nitrogens with two attached hydrogens (primary N) is 1. The molecule has 2 unspecified atom stereocenters. The van der Waals surface area contributed by atoms with Crippen molar-refractivity contribution in [2.75, 3.05) is 48.8 Å². The van der Waals surface area contributed by atoms with Gasteiger partial charge in [-0.15, -0.1) is 0 Å². The Morgan fingerprint density at radius 2 is 0.932 bits per heavy atom. The highest BCUT2D eigenvalue weighted by Gasteiger charge is 2.46. The quantitative estimate of drug-likeness (QED) is 0.0384. The number of carbonyl (C=O) groups is 12. The van der Waals surface area contributed by atoms with Crippen LogP contribution in [0.4, 0.5) is 0 Å². The monoisotopic (exact) mass is 1250 g/mol. The number of amides is 10. The third-order valence-electron chi connectivity index (χ3n) is 15.5. The molecule has 7 N–H and O–H groups in total. The molecule has 0 aliphatic rings. The van der Waals surface area contributed by atoms with E-state index in [1.165, 1.54) is 75.7 Å². The first kappa shape index (κ1) is 81.3. The normalized spacial score (nSPS) is 15.8. The summed E-state index contributed by atoms with van der Waals surface area (Å²) in [5.41, 5.74) is 6.14. The second-order valence-electron chi connectivity index (χ2n) is 26.2. The van der Waals surface area contributed by atoms with E-state index in [-0.39, 0.29) is 55.3 Å². The molecule has 0 radical (unpaired) electrons. The van der Waals surface area contributed by atoms with Crippen molar-refractivity contribution in [3.63, 3.8) is 0 Å². The minimum atomic E-state index is -1.58. The molecule has 0 saturated heterocycles. The predicted octanol–water partition coefficient (Wildman–Crippen LogP) is 3.41. The van der Waals surface area contributed by atoms with Crippen molar-refractivity contribution in [1.82, 2.24) is 50.7 Å². The number of aliphatic carboxylic acids is 1. The molecule has 0 heterocycles. The summed E-state index contributed by atoms with van der Waals surface area (Å²) in [7, 11) is 8.33. The molecule has 25 heteroatoms. The van der Waals surface area contributed by atoms with E-state index in [9.17, 15) is 48.3 Å². The molecule has 0 rings (SSSR count). The average Bonchev–Trinajstić information content (AvgIpc) is 1.60. The lowest BCUT2D eigenvalue weighted by molar-refractivity contribution is -0.164. The number of allylic oxidation sites excluding steroid dienone is 2. The second kappa shape index (κ2) is 38.0. The van der Waals surface area contributed by atoms with Crippen LogP contribution < -0.4 is 27.0 Å². The van der Waals surface area contributed by atoms with Gasteiger partial charge in [-0.25, -0.2) is 0 Å². The Labute approximate surface area is 525 Å². The number of ether oxygens (including phenoxy) is 1. The third-order valence-corrected chi connectivity index (χ3v) is 15.5. The predicted molar refractivity (Wildman–Crippen MR) is 337 cm³/mol. The zero-order valence-corrected chi connectivity index (χ0v) is 57.5. The van der Waals surface area contributed by atoms with Gasteiger partial charge < -0.3 is 66.2 Å². The standard InChI is InChI=1S/C63H113N11O14/c1-25-27-28-40(15)53(88-43(18)75)52(57(81)67-45(26-2)59(83)69(19)33-49(76)77)74(24)63(87)51(39(13)14)73(23)61(85)48(32-37(9)10)72(22)60(84)47(31-36(7)8)71(21)58(82)42(17)66-54(78)41(16)65-56(80)46(30-35(5)6)70(20)62(86)50(38(11)12)68-55(79)44(64)29-34(3)4/h25,27,34-42,44-48,50-53H,26,28-33,64H2,1-24H3,(H,65,80)(H,66,78)(H,67,81)(H,68,79)(H,76,77)/b27-25+/t40-,41?,42?,44+,45+,46+,47-,48+,50+,51-,52+,53-/m1/s1. The Bertz CT molecular complexity index is 2400. The lowest BCUT2D eigenvalue weighted by atomic mass is 9.91. The summed E-state index contributed by atoms with van der Waals surface area (Å²) in [5.74, 6) is -10.6. The highest BCUT2D eigenvalue weighted by molar-refractivity contribution is 5.99. The van der Waals surface area contributed by atoms with Crippen molar-refractivity contribution in [1.29, 1.82) is 0 Å². The van der Waals surface area contributed by atoms with E-state index in [2.05, 4.69) is 21.3 Å². The topological polar surface area (TPSA) is 328 Å². The van der Waals surface area contributed by atoms with Crippen LogP contribution in [0, 0.1) is 41.4 Å². The van der Waals surface area contributed by atoms with Crippen molar-refractivity contribution in [3.05, 3.63) is 12.2 Å². The van der Waals surface area contributed by atoms with Gasteiger partial charge in [-0.05, 0) is 101 Å². The fourth-order valence-corrected chi connectivity index (χ4v) is 10.5. The Kier molecular flexibility index (Phi) is 35.1. The van der Waals surface area contributed by atoms with Crippen molar-refractivity contribution in [2.45, 2.75) is 230 Å². The largest absolute Gasteiger partial charge is 0.480 e. The van der Waals surface area contributed by atoms with Gasteiger partial charge in [0.2, 0.25) is 59.1 Å². The van der Waals surface area contributed by atoms with Crippen molar-refractivity contribution in [2.24, 2.45) is 47.2 Å². The minimum Gasteiger partial charge on any atom is -0.480 e. The van der Waals surface area contributed by atoms with Crippen LogP contribution in [-0.4, -0.2) is 221 Å². The number of carbonyl (C=O) groups excluding carboxylic acids is 11. The van der Waals surface area contributed by atoms with Gasteiger partial charge in [0.05, 0.1) is 6.04 Å². The number of hydrogen-bond acceptors (Lipinski definition) is 14. The van der Waals surface area contributed by atoms with Gasteiger partial charge in [-0.1, -0.05) is 109 Å². The minimum absolute atomic E-state index is 0.0306. The highest BCUT2D eigenvalue weighted by atomic mass is 16.5. The molecule has 0 spiro atoms. The van der Waals surface area contributed by atoms with Crippen molar-refractivity contribution in [3.8, 4) is 0 Å². The molecule has 25 nitrogen and oxygen atoms in total. The lowest BCUT2D eigenvalue weighted by Gasteiger charge is -2.42. The molecule has 0 bridgehead atoms. The first-order valence-electron chi connectivity index (χ1n) is 31.1. The van der Waals surface area contributed by atoms with Crippen LogP contribution in [0.15, 0.2) is 12.2 Å². The van der Waals surface area contributed by atoms with E-state index < -0.39 is 156 Å². The van der Waals surface area contributed by atoms with Crippen molar-refractivity contribution < 1.29 is 67.4 Å². The van der Waals surface area contributed by atoms with Crippen LogP contribution in [0.3, 0.4) is 0 Å². The number of carboxylic acid groups (broad SMARTS) is 1. The van der Waals surface area contributed by atoms with Crippen LogP contribution in [0.25, 0.3) is 0 Å². The summed E-state index contributed by atoms with van der Waals surface area (Å²) in [4.78, 5) is 174. The molecule has 0 aliphatic carbocycles. The summed E-state index contributed by atoms with van der Waals surface area (Å²) in [6.45, 7) is 30.4. The number of likely N-dealkylation sites (N-methyl/N-ethyl adjacent to an activating group) is 6. The maximum atomic E-state index is 15.2. The summed E-state index contributed by atoms with van der Waals surface area (Å²) >= 11 is 0. The van der Waals surface area contributed by atoms with Gasteiger partial charge in [0, 0.05) is 49.2 Å². The van der Waals surface area contributed by atoms with E-state index in [0.717, 1.165) is 16.7 Å². The Morgan fingerprint density at radius 1 is 0.489 bits per heavy atom.